The van der Waals surface area contributed by atoms with Crippen LogP contribution in [0.5, 0.6) is 0 Å². The highest BCUT2D eigenvalue weighted by Crippen LogP contribution is 2.30. The Hall–Kier alpha value is -2.04. The molecule has 0 saturated carbocycles. The minimum atomic E-state index is -0.772. The summed E-state index contributed by atoms with van der Waals surface area (Å²) >= 11 is 0. The summed E-state index contributed by atoms with van der Waals surface area (Å²) in [5, 5.41) is 26.5. The van der Waals surface area contributed by atoms with Crippen molar-refractivity contribution in [3.05, 3.63) is 0 Å². The number of anilines is 2. The van der Waals surface area contributed by atoms with Crippen molar-refractivity contribution in [2.24, 2.45) is 0 Å². The number of rotatable bonds is 2. The lowest BCUT2D eigenvalue weighted by atomic mass is 10.2. The second-order valence-corrected chi connectivity index (χ2v) is 4.29. The van der Waals surface area contributed by atoms with E-state index in [0.717, 1.165) is 0 Å². The van der Waals surface area contributed by atoms with Crippen LogP contribution in [0.25, 0.3) is 11.2 Å². The van der Waals surface area contributed by atoms with Gasteiger partial charge >= 0.3 is 0 Å². The van der Waals surface area contributed by atoms with E-state index in [9.17, 15) is 5.11 Å². The number of nitrogens with zero attached hydrogens (tertiary/aromatic N) is 5. The molecule has 0 aliphatic carbocycles. The van der Waals surface area contributed by atoms with Crippen LogP contribution in [0.1, 0.15) is 12.6 Å². The average molecular weight is 267 g/mol. The van der Waals surface area contributed by atoms with E-state index in [4.69, 9.17) is 21.3 Å². The van der Waals surface area contributed by atoms with Crippen LogP contribution in [0.2, 0.25) is 0 Å². The van der Waals surface area contributed by atoms with Gasteiger partial charge in [0.15, 0.2) is 23.2 Å². The summed E-state index contributed by atoms with van der Waals surface area (Å²) < 4.78 is 6.85. The number of aliphatic hydroxyl groups excluding tert-OH is 2. The molecule has 0 amide bonds. The molecule has 19 heavy (non-hydrogen) atoms. The third-order valence-electron chi connectivity index (χ3n) is 3.02. The largest absolute Gasteiger partial charge is 0.394 e. The van der Waals surface area contributed by atoms with Gasteiger partial charge in [-0.1, -0.05) is 5.21 Å². The molecule has 0 radical (unpaired) electrons. The first-order chi connectivity index (χ1) is 9.10. The fraction of sp³-hybridized carbons (Fsp3) is 0.556. The first-order valence-corrected chi connectivity index (χ1v) is 5.68. The summed E-state index contributed by atoms with van der Waals surface area (Å²) in [6.07, 6.45) is -1.73. The zero-order chi connectivity index (χ0) is 13.6. The Morgan fingerprint density at radius 3 is 2.84 bits per heavy atom. The van der Waals surface area contributed by atoms with Crippen molar-refractivity contribution in [1.29, 1.82) is 0 Å². The van der Waals surface area contributed by atoms with Crippen molar-refractivity contribution in [2.75, 3.05) is 18.1 Å². The minimum absolute atomic E-state index is 0.00537. The van der Waals surface area contributed by atoms with Crippen molar-refractivity contribution in [3.8, 4) is 0 Å². The van der Waals surface area contributed by atoms with Crippen molar-refractivity contribution >= 4 is 22.9 Å². The van der Waals surface area contributed by atoms with Crippen molar-refractivity contribution in [3.63, 3.8) is 0 Å². The first-order valence-electron chi connectivity index (χ1n) is 5.68. The zero-order valence-corrected chi connectivity index (χ0v) is 9.84. The molecule has 3 unspecified atom stereocenters. The highest BCUT2D eigenvalue weighted by molar-refractivity contribution is 5.81. The van der Waals surface area contributed by atoms with Gasteiger partial charge in [0.2, 0.25) is 5.95 Å². The van der Waals surface area contributed by atoms with E-state index < -0.39 is 18.4 Å². The van der Waals surface area contributed by atoms with E-state index in [1.807, 2.05) is 0 Å². The number of fused-ring (bicyclic) bond motifs is 1. The van der Waals surface area contributed by atoms with Crippen LogP contribution in [-0.4, -0.2) is 54.0 Å². The normalized spacial score (nSPS) is 27.2. The standard InChI is InChI=1S/C9H13N7O3/c10-7-6-8(13-9(11)12-7)16(15-14-6)5-1-3(18)4(2-17)19-5/h3-5,17-18H,1-2H2,(H4,10,11,12,13). The van der Waals surface area contributed by atoms with E-state index in [-0.39, 0.29) is 24.8 Å². The molecule has 0 spiro atoms. The van der Waals surface area contributed by atoms with E-state index in [0.29, 0.717) is 11.2 Å². The SMILES string of the molecule is Nc1nc(N)c2nnn(C3CC(O)C(CO)O3)c2n1. The molecule has 3 rings (SSSR count). The first kappa shape index (κ1) is 12.0. The van der Waals surface area contributed by atoms with Crippen molar-refractivity contribution in [1.82, 2.24) is 25.0 Å². The molecule has 6 N–H and O–H groups in total. The van der Waals surface area contributed by atoms with Crippen molar-refractivity contribution < 1.29 is 14.9 Å². The number of nitrogens with two attached hydrogens (primary N) is 2. The number of nitrogen functional groups attached to an aromatic ring is 2. The summed E-state index contributed by atoms with van der Waals surface area (Å²) in [5.74, 6) is 0.136. The minimum Gasteiger partial charge on any atom is -0.394 e. The molecule has 1 aliphatic heterocycles. The topological polar surface area (TPSA) is 158 Å². The Bertz CT molecular complexity index is 615. The van der Waals surface area contributed by atoms with E-state index >= 15 is 0 Å². The van der Waals surface area contributed by atoms with Crippen LogP contribution >= 0.6 is 0 Å². The summed E-state index contributed by atoms with van der Waals surface area (Å²) in [6, 6.07) is 0. The van der Waals surface area contributed by atoms with Gasteiger partial charge < -0.3 is 26.4 Å². The maximum Gasteiger partial charge on any atom is 0.224 e. The van der Waals surface area contributed by atoms with E-state index in [1.165, 1.54) is 4.68 Å². The van der Waals surface area contributed by atoms with Gasteiger partial charge in [0.1, 0.15) is 6.10 Å². The van der Waals surface area contributed by atoms with Crippen LogP contribution in [0, 0.1) is 0 Å². The van der Waals surface area contributed by atoms with Crippen LogP contribution in [-0.2, 0) is 4.74 Å². The molecule has 102 valence electrons. The highest BCUT2D eigenvalue weighted by Gasteiger charge is 2.36. The van der Waals surface area contributed by atoms with Gasteiger partial charge in [-0.2, -0.15) is 14.6 Å². The zero-order valence-electron chi connectivity index (χ0n) is 9.84. The fourth-order valence-electron chi connectivity index (χ4n) is 2.09. The molecule has 3 atom stereocenters. The number of hydrogen-bond acceptors (Lipinski definition) is 9. The molecule has 0 bridgehead atoms. The van der Waals surface area contributed by atoms with Crippen LogP contribution < -0.4 is 11.5 Å². The smallest absolute Gasteiger partial charge is 0.224 e. The molecule has 1 saturated heterocycles. The van der Waals surface area contributed by atoms with E-state index in [2.05, 4.69) is 20.3 Å². The Morgan fingerprint density at radius 2 is 2.16 bits per heavy atom. The van der Waals surface area contributed by atoms with Crippen LogP contribution in [0.3, 0.4) is 0 Å². The second kappa shape index (κ2) is 4.26. The monoisotopic (exact) mass is 267 g/mol. The van der Waals surface area contributed by atoms with Crippen LogP contribution in [0.15, 0.2) is 0 Å². The Kier molecular flexibility index (Phi) is 2.69. The predicted octanol–water partition coefficient (Wildman–Crippen LogP) is -1.97. The number of ether oxygens (including phenoxy) is 1. The predicted molar refractivity (Wildman–Crippen MR) is 63.6 cm³/mol. The molecule has 1 aliphatic rings. The molecule has 2 aromatic heterocycles. The van der Waals surface area contributed by atoms with Crippen molar-refractivity contribution in [2.45, 2.75) is 24.9 Å². The molecule has 10 nitrogen and oxygen atoms in total. The van der Waals surface area contributed by atoms with Gasteiger partial charge in [-0.15, -0.1) is 5.10 Å². The summed E-state index contributed by atoms with van der Waals surface area (Å²) in [7, 11) is 0. The third-order valence-corrected chi connectivity index (χ3v) is 3.02. The summed E-state index contributed by atoms with van der Waals surface area (Å²) in [6.45, 7) is -0.274. The lowest BCUT2D eigenvalue weighted by molar-refractivity contribution is -0.0476. The maximum atomic E-state index is 9.71. The summed E-state index contributed by atoms with van der Waals surface area (Å²) in [5.41, 5.74) is 11.9. The van der Waals surface area contributed by atoms with Gasteiger partial charge in [-0.25, -0.2) is 0 Å². The Labute approximate surface area is 107 Å². The molecule has 1 fully saturated rings. The average Bonchev–Trinajstić information content (AvgIpc) is 2.92. The van der Waals surface area contributed by atoms with Gasteiger partial charge in [0.05, 0.1) is 12.7 Å². The van der Waals surface area contributed by atoms with Gasteiger partial charge in [-0.05, 0) is 0 Å². The molecule has 10 heteroatoms. The molecular weight excluding hydrogens is 254 g/mol. The van der Waals surface area contributed by atoms with E-state index in [1.54, 1.807) is 0 Å². The number of aliphatic hydroxyl groups is 2. The molecule has 2 aromatic rings. The maximum absolute atomic E-state index is 9.71. The van der Waals surface area contributed by atoms with Crippen LogP contribution in [0.4, 0.5) is 11.8 Å². The third kappa shape index (κ3) is 1.85. The number of aromatic nitrogens is 5. The second-order valence-electron chi connectivity index (χ2n) is 4.29. The number of hydrogen-bond donors (Lipinski definition) is 4. The Morgan fingerprint density at radius 1 is 1.37 bits per heavy atom. The lowest BCUT2D eigenvalue weighted by Gasteiger charge is -2.12. The molecule has 0 aromatic carbocycles. The molecule has 3 heterocycles. The quantitative estimate of drug-likeness (QED) is 0.484. The highest BCUT2D eigenvalue weighted by atomic mass is 16.5. The Balaban J connectivity index is 2.02. The fourth-order valence-corrected chi connectivity index (χ4v) is 2.09. The van der Waals surface area contributed by atoms with Gasteiger partial charge in [-0.3, -0.25) is 0 Å². The van der Waals surface area contributed by atoms with Gasteiger partial charge in [0, 0.05) is 6.42 Å². The lowest BCUT2D eigenvalue weighted by Crippen LogP contribution is -2.24. The molecular formula is C9H13N7O3. The van der Waals surface area contributed by atoms with Gasteiger partial charge in [0.25, 0.3) is 0 Å². The summed E-state index contributed by atoms with van der Waals surface area (Å²) in [4.78, 5) is 7.80.